The molecule has 1 aliphatic heterocycles. The van der Waals surface area contributed by atoms with Crippen molar-refractivity contribution in [3.8, 4) is 0 Å². The van der Waals surface area contributed by atoms with E-state index in [1.54, 1.807) is 12.1 Å². The molecule has 4 N–H and O–H groups in total. The van der Waals surface area contributed by atoms with Crippen molar-refractivity contribution in [2.45, 2.75) is 19.4 Å². The first-order chi connectivity index (χ1) is 10.1. The molecule has 6 heteroatoms. The third-order valence-electron chi connectivity index (χ3n) is 3.42. The summed E-state index contributed by atoms with van der Waals surface area (Å²) in [4.78, 5) is 23.5. The third-order valence-corrected chi connectivity index (χ3v) is 3.42. The number of amides is 2. The Kier molecular flexibility index (Phi) is 5.30. The first-order valence-electron chi connectivity index (χ1n) is 7.10. The van der Waals surface area contributed by atoms with Gasteiger partial charge in [0.05, 0.1) is 25.6 Å². The fourth-order valence-corrected chi connectivity index (χ4v) is 2.23. The summed E-state index contributed by atoms with van der Waals surface area (Å²) in [5.74, 6) is -0.445. The van der Waals surface area contributed by atoms with E-state index in [9.17, 15) is 9.59 Å². The Hall–Kier alpha value is -1.92. The van der Waals surface area contributed by atoms with Gasteiger partial charge in [0.2, 0.25) is 11.8 Å². The maximum Gasteiger partial charge on any atom is 0.231 e. The molecule has 1 aromatic carbocycles. The van der Waals surface area contributed by atoms with Crippen LogP contribution in [0.3, 0.4) is 0 Å². The van der Waals surface area contributed by atoms with Crippen LogP contribution in [-0.4, -0.2) is 37.6 Å². The van der Waals surface area contributed by atoms with Gasteiger partial charge in [-0.1, -0.05) is 12.1 Å². The number of hydrogen-bond donors (Lipinski definition) is 3. The van der Waals surface area contributed by atoms with E-state index in [2.05, 4.69) is 10.6 Å². The summed E-state index contributed by atoms with van der Waals surface area (Å²) in [5, 5.41) is 5.57. The average molecular weight is 291 g/mol. The van der Waals surface area contributed by atoms with Gasteiger partial charge >= 0.3 is 0 Å². The highest BCUT2D eigenvalue weighted by atomic mass is 16.5. The van der Waals surface area contributed by atoms with Gasteiger partial charge in [0.25, 0.3) is 0 Å². The van der Waals surface area contributed by atoms with Gasteiger partial charge in [-0.3, -0.25) is 9.59 Å². The zero-order valence-corrected chi connectivity index (χ0v) is 12.1. The number of benzene rings is 1. The topological polar surface area (TPSA) is 93.5 Å². The number of carbonyl (C=O) groups is 2. The van der Waals surface area contributed by atoms with Crippen LogP contribution in [0.5, 0.6) is 0 Å². The zero-order chi connectivity index (χ0) is 15.2. The molecular weight excluding hydrogens is 270 g/mol. The molecule has 1 saturated heterocycles. The molecule has 1 aliphatic rings. The van der Waals surface area contributed by atoms with E-state index in [0.29, 0.717) is 31.9 Å². The molecule has 0 radical (unpaired) electrons. The first kappa shape index (κ1) is 15.5. The van der Waals surface area contributed by atoms with Gasteiger partial charge in [0.15, 0.2) is 0 Å². The highest BCUT2D eigenvalue weighted by Gasteiger charge is 2.31. The van der Waals surface area contributed by atoms with Crippen LogP contribution in [0.4, 0.5) is 5.69 Å². The lowest BCUT2D eigenvalue weighted by Gasteiger charge is -2.13. The van der Waals surface area contributed by atoms with Gasteiger partial charge in [0, 0.05) is 18.3 Å². The second kappa shape index (κ2) is 7.19. The fraction of sp³-hybridized carbons (Fsp3) is 0.467. The maximum atomic E-state index is 12.0. The largest absolute Gasteiger partial charge is 0.379 e. The molecule has 0 saturated carbocycles. The zero-order valence-electron chi connectivity index (χ0n) is 12.1. The van der Waals surface area contributed by atoms with Crippen molar-refractivity contribution in [1.82, 2.24) is 5.32 Å². The molecule has 0 bridgehead atoms. The SMILES string of the molecule is CCNC(=O)Cc1ccc(NC(=O)C2COCC2N)cc1. The summed E-state index contributed by atoms with van der Waals surface area (Å²) in [6.07, 6.45) is 0.337. The van der Waals surface area contributed by atoms with E-state index in [-0.39, 0.29) is 23.8 Å². The Bertz CT molecular complexity index is 501. The van der Waals surface area contributed by atoms with Crippen LogP contribution in [0.15, 0.2) is 24.3 Å². The summed E-state index contributed by atoms with van der Waals surface area (Å²) < 4.78 is 5.18. The molecule has 1 heterocycles. The predicted molar refractivity (Wildman–Crippen MR) is 79.7 cm³/mol. The third kappa shape index (κ3) is 4.27. The number of rotatable bonds is 5. The van der Waals surface area contributed by atoms with E-state index in [1.165, 1.54) is 0 Å². The molecule has 1 fully saturated rings. The molecule has 1 aromatic rings. The Morgan fingerprint density at radius 1 is 1.29 bits per heavy atom. The quantitative estimate of drug-likeness (QED) is 0.726. The lowest BCUT2D eigenvalue weighted by Crippen LogP contribution is -2.37. The van der Waals surface area contributed by atoms with E-state index in [4.69, 9.17) is 10.5 Å². The van der Waals surface area contributed by atoms with Crippen LogP contribution in [0.25, 0.3) is 0 Å². The Labute approximate surface area is 124 Å². The molecule has 2 amide bonds. The molecule has 0 aliphatic carbocycles. The van der Waals surface area contributed by atoms with Crippen molar-refractivity contribution in [2.24, 2.45) is 11.7 Å². The molecule has 21 heavy (non-hydrogen) atoms. The summed E-state index contributed by atoms with van der Waals surface area (Å²) in [5.41, 5.74) is 7.41. The number of likely N-dealkylation sites (N-methyl/N-ethyl adjacent to an activating group) is 1. The van der Waals surface area contributed by atoms with Gasteiger partial charge in [-0.2, -0.15) is 0 Å². The predicted octanol–water partition coefficient (Wildman–Crippen LogP) is 0.277. The normalized spacial score (nSPS) is 21.0. The van der Waals surface area contributed by atoms with E-state index in [1.807, 2.05) is 19.1 Å². The van der Waals surface area contributed by atoms with Crippen molar-refractivity contribution in [3.05, 3.63) is 29.8 Å². The van der Waals surface area contributed by atoms with Crippen LogP contribution >= 0.6 is 0 Å². The van der Waals surface area contributed by atoms with Gasteiger partial charge < -0.3 is 21.1 Å². The van der Waals surface area contributed by atoms with Gasteiger partial charge in [0.1, 0.15) is 0 Å². The number of nitrogens with one attached hydrogen (secondary N) is 2. The highest BCUT2D eigenvalue weighted by Crippen LogP contribution is 2.16. The average Bonchev–Trinajstić information content (AvgIpc) is 2.87. The smallest absolute Gasteiger partial charge is 0.231 e. The number of carbonyl (C=O) groups excluding carboxylic acids is 2. The molecule has 2 atom stereocenters. The standard InChI is InChI=1S/C15H21N3O3/c1-2-17-14(19)7-10-3-5-11(6-4-10)18-15(20)12-8-21-9-13(12)16/h3-6,12-13H,2,7-9,16H2,1H3,(H,17,19)(H,18,20). The minimum absolute atomic E-state index is 0.0108. The highest BCUT2D eigenvalue weighted by molar-refractivity contribution is 5.93. The van der Waals surface area contributed by atoms with E-state index in [0.717, 1.165) is 5.56 Å². The molecule has 0 spiro atoms. The molecule has 114 valence electrons. The number of anilines is 1. The van der Waals surface area contributed by atoms with Crippen LogP contribution < -0.4 is 16.4 Å². The van der Waals surface area contributed by atoms with Crippen molar-refractivity contribution in [1.29, 1.82) is 0 Å². The van der Waals surface area contributed by atoms with Crippen LogP contribution in [0.1, 0.15) is 12.5 Å². The monoisotopic (exact) mass is 291 g/mol. The Morgan fingerprint density at radius 3 is 2.57 bits per heavy atom. The van der Waals surface area contributed by atoms with Crippen molar-refractivity contribution >= 4 is 17.5 Å². The Balaban J connectivity index is 1.90. The summed E-state index contributed by atoms with van der Waals surface area (Å²) in [7, 11) is 0. The van der Waals surface area contributed by atoms with E-state index >= 15 is 0 Å². The maximum absolute atomic E-state index is 12.0. The molecule has 0 aromatic heterocycles. The van der Waals surface area contributed by atoms with Crippen molar-refractivity contribution in [3.63, 3.8) is 0 Å². The summed E-state index contributed by atoms with van der Waals surface area (Å²) in [6.45, 7) is 3.29. The summed E-state index contributed by atoms with van der Waals surface area (Å²) >= 11 is 0. The second-order valence-electron chi connectivity index (χ2n) is 5.12. The van der Waals surface area contributed by atoms with Gasteiger partial charge in [-0.05, 0) is 24.6 Å². The minimum Gasteiger partial charge on any atom is -0.379 e. The van der Waals surface area contributed by atoms with Crippen LogP contribution in [0.2, 0.25) is 0 Å². The van der Waals surface area contributed by atoms with Crippen LogP contribution in [0, 0.1) is 5.92 Å². The number of hydrogen-bond acceptors (Lipinski definition) is 4. The molecule has 6 nitrogen and oxygen atoms in total. The lowest BCUT2D eigenvalue weighted by molar-refractivity contribution is -0.121. The second-order valence-corrected chi connectivity index (χ2v) is 5.12. The van der Waals surface area contributed by atoms with Crippen LogP contribution in [-0.2, 0) is 20.7 Å². The van der Waals surface area contributed by atoms with Gasteiger partial charge in [-0.15, -0.1) is 0 Å². The molecule has 2 rings (SSSR count). The number of nitrogens with two attached hydrogens (primary N) is 1. The summed E-state index contributed by atoms with van der Waals surface area (Å²) in [6, 6.07) is 6.98. The number of ether oxygens (including phenoxy) is 1. The minimum atomic E-state index is -0.306. The molecule has 2 unspecified atom stereocenters. The Morgan fingerprint density at radius 2 is 2.00 bits per heavy atom. The first-order valence-corrected chi connectivity index (χ1v) is 7.10. The lowest BCUT2D eigenvalue weighted by atomic mass is 10.0. The van der Waals surface area contributed by atoms with E-state index < -0.39 is 0 Å². The van der Waals surface area contributed by atoms with Gasteiger partial charge in [-0.25, -0.2) is 0 Å². The van der Waals surface area contributed by atoms with Crippen molar-refractivity contribution < 1.29 is 14.3 Å². The molecular formula is C15H21N3O3. The van der Waals surface area contributed by atoms with Crippen molar-refractivity contribution in [2.75, 3.05) is 25.1 Å². The fourth-order valence-electron chi connectivity index (χ4n) is 2.23.